The van der Waals surface area contributed by atoms with Crippen LogP contribution in [0.1, 0.15) is 18.4 Å². The zero-order valence-electron chi connectivity index (χ0n) is 13.0. The number of aryl methyl sites for hydroxylation is 1. The third-order valence-electron chi connectivity index (χ3n) is 4.03. The summed E-state index contributed by atoms with van der Waals surface area (Å²) in [6.45, 7) is 1.91. The Balaban J connectivity index is 1.85. The van der Waals surface area contributed by atoms with Gasteiger partial charge in [-0.1, -0.05) is 6.07 Å². The molecule has 0 bridgehead atoms. The minimum atomic E-state index is -3.53. The number of benzene rings is 1. The molecule has 4 rings (SSSR count). The quantitative estimate of drug-likeness (QED) is 0.733. The van der Waals surface area contributed by atoms with Gasteiger partial charge in [-0.05, 0) is 37.5 Å². The summed E-state index contributed by atoms with van der Waals surface area (Å²) in [6, 6.07) is 5.08. The minimum Gasteiger partial charge on any atom is -0.381 e. The van der Waals surface area contributed by atoms with E-state index in [-0.39, 0.29) is 16.8 Å². The van der Waals surface area contributed by atoms with Crippen molar-refractivity contribution in [3.8, 4) is 11.3 Å². The van der Waals surface area contributed by atoms with E-state index in [4.69, 9.17) is 5.73 Å². The van der Waals surface area contributed by atoms with Gasteiger partial charge in [0, 0.05) is 11.6 Å². The SMILES string of the molecule is Cc1ccc(S(=O)(=O)NC2CC2)cc1-c1cnc2c(N)ncnn12. The lowest BCUT2D eigenvalue weighted by molar-refractivity contribution is 0.581. The fourth-order valence-corrected chi connectivity index (χ4v) is 3.88. The standard InChI is InChI=1S/C15H16N6O2S/c1-9-2-5-11(24(22,23)20-10-3-4-10)6-12(9)13-7-17-15-14(16)18-8-19-21(13)15/h2,5-8,10,20H,3-4H2,1H3,(H2,16,18,19). The van der Waals surface area contributed by atoms with Crippen molar-refractivity contribution in [2.45, 2.75) is 30.7 Å². The molecule has 0 atom stereocenters. The molecule has 0 saturated heterocycles. The van der Waals surface area contributed by atoms with Gasteiger partial charge >= 0.3 is 0 Å². The summed E-state index contributed by atoms with van der Waals surface area (Å²) >= 11 is 0. The number of imidazole rings is 1. The van der Waals surface area contributed by atoms with Gasteiger partial charge in [0.05, 0.1) is 16.8 Å². The van der Waals surface area contributed by atoms with E-state index >= 15 is 0 Å². The third-order valence-corrected chi connectivity index (χ3v) is 5.54. The summed E-state index contributed by atoms with van der Waals surface area (Å²) in [4.78, 5) is 8.37. The van der Waals surface area contributed by atoms with Crippen molar-refractivity contribution in [3.05, 3.63) is 36.3 Å². The van der Waals surface area contributed by atoms with Crippen molar-refractivity contribution in [1.29, 1.82) is 0 Å². The smallest absolute Gasteiger partial charge is 0.240 e. The molecule has 0 amide bonds. The summed E-state index contributed by atoms with van der Waals surface area (Å²) < 4.78 is 29.2. The maximum absolute atomic E-state index is 12.5. The average Bonchev–Trinajstić information content (AvgIpc) is 3.23. The summed E-state index contributed by atoms with van der Waals surface area (Å²) in [5, 5.41) is 4.17. The second-order valence-electron chi connectivity index (χ2n) is 5.90. The van der Waals surface area contributed by atoms with Gasteiger partial charge < -0.3 is 5.73 Å². The molecule has 2 heterocycles. The zero-order chi connectivity index (χ0) is 16.9. The van der Waals surface area contributed by atoms with E-state index in [2.05, 4.69) is 19.8 Å². The second-order valence-corrected chi connectivity index (χ2v) is 7.61. The van der Waals surface area contributed by atoms with E-state index in [1.54, 1.807) is 28.9 Å². The molecule has 124 valence electrons. The molecule has 1 saturated carbocycles. The lowest BCUT2D eigenvalue weighted by Crippen LogP contribution is -2.25. The molecule has 0 unspecified atom stereocenters. The molecule has 0 radical (unpaired) electrons. The molecule has 24 heavy (non-hydrogen) atoms. The summed E-state index contributed by atoms with van der Waals surface area (Å²) in [5.74, 6) is 0.271. The van der Waals surface area contributed by atoms with Crippen LogP contribution in [0.2, 0.25) is 0 Å². The first-order chi connectivity index (χ1) is 11.5. The minimum absolute atomic E-state index is 0.0584. The lowest BCUT2D eigenvalue weighted by Gasteiger charge is -2.10. The van der Waals surface area contributed by atoms with E-state index in [0.717, 1.165) is 24.0 Å². The van der Waals surface area contributed by atoms with E-state index in [0.29, 0.717) is 11.3 Å². The molecule has 1 fully saturated rings. The first kappa shape index (κ1) is 15.0. The fourth-order valence-electron chi connectivity index (χ4n) is 2.55. The summed E-state index contributed by atoms with van der Waals surface area (Å²) in [5.41, 5.74) is 8.57. The molecule has 9 heteroatoms. The number of fused-ring (bicyclic) bond motifs is 1. The first-order valence-corrected chi connectivity index (χ1v) is 9.01. The third kappa shape index (κ3) is 2.51. The predicted octanol–water partition coefficient (Wildman–Crippen LogP) is 1.12. The molecule has 1 aliphatic carbocycles. The largest absolute Gasteiger partial charge is 0.381 e. The van der Waals surface area contributed by atoms with Gasteiger partial charge in [-0.3, -0.25) is 0 Å². The Hall–Kier alpha value is -2.52. The molecule has 0 aliphatic heterocycles. The molecule has 3 aromatic rings. The number of nitrogens with zero attached hydrogens (tertiary/aromatic N) is 4. The molecule has 8 nitrogen and oxygen atoms in total. The van der Waals surface area contributed by atoms with Crippen molar-refractivity contribution in [1.82, 2.24) is 24.3 Å². The topological polar surface area (TPSA) is 115 Å². The van der Waals surface area contributed by atoms with Crippen molar-refractivity contribution in [2.75, 3.05) is 5.73 Å². The summed E-state index contributed by atoms with van der Waals surface area (Å²) in [7, 11) is -3.53. The number of anilines is 1. The highest BCUT2D eigenvalue weighted by molar-refractivity contribution is 7.89. The number of hydrogen-bond acceptors (Lipinski definition) is 6. The number of nitrogens with one attached hydrogen (secondary N) is 1. The molecular weight excluding hydrogens is 328 g/mol. The molecular formula is C15H16N6O2S. The molecule has 0 spiro atoms. The molecule has 2 aromatic heterocycles. The Kier molecular flexibility index (Phi) is 3.29. The Labute approximate surface area is 138 Å². The van der Waals surface area contributed by atoms with Gasteiger partial charge in [-0.15, -0.1) is 0 Å². The maximum Gasteiger partial charge on any atom is 0.240 e. The van der Waals surface area contributed by atoms with E-state index in [9.17, 15) is 8.42 Å². The number of nitrogen functional groups attached to an aromatic ring is 1. The maximum atomic E-state index is 12.5. The Morgan fingerprint density at radius 1 is 1.29 bits per heavy atom. The Bertz CT molecular complexity index is 1040. The second kappa shape index (κ2) is 5.25. The van der Waals surface area contributed by atoms with Crippen molar-refractivity contribution in [3.63, 3.8) is 0 Å². The van der Waals surface area contributed by atoms with Crippen molar-refractivity contribution >= 4 is 21.5 Å². The highest BCUT2D eigenvalue weighted by atomic mass is 32.2. The lowest BCUT2D eigenvalue weighted by atomic mass is 10.1. The summed E-state index contributed by atoms with van der Waals surface area (Å²) in [6.07, 6.45) is 4.74. The van der Waals surface area contributed by atoms with Gasteiger partial charge in [0.15, 0.2) is 11.5 Å². The average molecular weight is 344 g/mol. The molecule has 1 aromatic carbocycles. The fraction of sp³-hybridized carbons (Fsp3) is 0.267. The number of sulfonamides is 1. The highest BCUT2D eigenvalue weighted by Crippen LogP contribution is 2.28. The van der Waals surface area contributed by atoms with Gasteiger partial charge in [0.2, 0.25) is 10.0 Å². The van der Waals surface area contributed by atoms with Crippen LogP contribution in [-0.2, 0) is 10.0 Å². The van der Waals surface area contributed by atoms with Crippen LogP contribution in [0, 0.1) is 6.92 Å². The molecule has 1 aliphatic rings. The van der Waals surface area contributed by atoms with Crippen molar-refractivity contribution in [2.24, 2.45) is 0 Å². The van der Waals surface area contributed by atoms with Crippen LogP contribution in [0.25, 0.3) is 16.9 Å². The van der Waals surface area contributed by atoms with Crippen LogP contribution >= 0.6 is 0 Å². The Morgan fingerprint density at radius 3 is 2.83 bits per heavy atom. The van der Waals surface area contributed by atoms with Crippen LogP contribution < -0.4 is 10.5 Å². The van der Waals surface area contributed by atoms with Crippen LogP contribution in [0.4, 0.5) is 5.82 Å². The van der Waals surface area contributed by atoms with Crippen LogP contribution in [0.5, 0.6) is 0 Å². The van der Waals surface area contributed by atoms with Gasteiger partial charge in [-0.25, -0.2) is 27.6 Å². The number of rotatable bonds is 4. The number of nitrogens with two attached hydrogens (primary N) is 1. The predicted molar refractivity (Wildman–Crippen MR) is 88.7 cm³/mol. The number of hydrogen-bond donors (Lipinski definition) is 2. The van der Waals surface area contributed by atoms with Crippen molar-refractivity contribution < 1.29 is 8.42 Å². The molecule has 3 N–H and O–H groups in total. The van der Waals surface area contributed by atoms with Crippen LogP contribution in [-0.4, -0.2) is 34.0 Å². The number of aromatic nitrogens is 4. The zero-order valence-corrected chi connectivity index (χ0v) is 13.8. The highest BCUT2D eigenvalue weighted by Gasteiger charge is 2.28. The Morgan fingerprint density at radius 2 is 2.08 bits per heavy atom. The van der Waals surface area contributed by atoms with Gasteiger partial charge in [0.25, 0.3) is 0 Å². The normalized spacial score (nSPS) is 15.0. The van der Waals surface area contributed by atoms with Gasteiger partial charge in [-0.2, -0.15) is 5.10 Å². The van der Waals surface area contributed by atoms with Crippen LogP contribution in [0.15, 0.2) is 35.6 Å². The van der Waals surface area contributed by atoms with Crippen LogP contribution in [0.3, 0.4) is 0 Å². The van der Waals surface area contributed by atoms with Gasteiger partial charge in [0.1, 0.15) is 6.33 Å². The monoisotopic (exact) mass is 344 g/mol. The van der Waals surface area contributed by atoms with E-state index in [1.165, 1.54) is 6.33 Å². The van der Waals surface area contributed by atoms with E-state index in [1.807, 2.05) is 6.92 Å². The van der Waals surface area contributed by atoms with E-state index < -0.39 is 10.0 Å². The first-order valence-electron chi connectivity index (χ1n) is 7.53.